The van der Waals surface area contributed by atoms with E-state index in [9.17, 15) is 0 Å². The molecule has 56 valence electrons. The van der Waals surface area contributed by atoms with Gasteiger partial charge in [0.1, 0.15) is 0 Å². The highest BCUT2D eigenvalue weighted by Gasteiger charge is 2.07. The third kappa shape index (κ3) is 1.75. The standard InChI is InChI=1S/C7H11NS2/c1-8(2)7(9)6-4-3-5-10-6/h3-5,7,9H,1-2H3. The van der Waals surface area contributed by atoms with Crippen LogP contribution in [0.15, 0.2) is 17.5 Å². The van der Waals surface area contributed by atoms with E-state index in [1.54, 1.807) is 11.3 Å². The largest absolute Gasteiger partial charge is 0.293 e. The average Bonchev–Trinajstić information content (AvgIpc) is 2.36. The van der Waals surface area contributed by atoms with Gasteiger partial charge in [-0.2, -0.15) is 12.6 Å². The minimum absolute atomic E-state index is 0.250. The van der Waals surface area contributed by atoms with E-state index in [0.717, 1.165) is 0 Å². The Morgan fingerprint density at radius 3 is 2.70 bits per heavy atom. The molecule has 0 saturated carbocycles. The first-order valence-electron chi connectivity index (χ1n) is 3.09. The third-order valence-electron chi connectivity index (χ3n) is 1.29. The molecule has 0 radical (unpaired) electrons. The van der Waals surface area contributed by atoms with Crippen molar-refractivity contribution in [3.8, 4) is 0 Å². The Hall–Kier alpha value is 0.01000. The van der Waals surface area contributed by atoms with Crippen LogP contribution in [-0.2, 0) is 0 Å². The van der Waals surface area contributed by atoms with Gasteiger partial charge >= 0.3 is 0 Å². The van der Waals surface area contributed by atoms with Crippen molar-refractivity contribution in [3.63, 3.8) is 0 Å². The lowest BCUT2D eigenvalue weighted by Gasteiger charge is -2.16. The summed E-state index contributed by atoms with van der Waals surface area (Å²) in [6.07, 6.45) is 0. The van der Waals surface area contributed by atoms with Crippen LogP contribution in [0.1, 0.15) is 10.3 Å². The molecule has 0 aliphatic rings. The van der Waals surface area contributed by atoms with Crippen molar-refractivity contribution in [2.75, 3.05) is 14.1 Å². The van der Waals surface area contributed by atoms with E-state index < -0.39 is 0 Å². The number of nitrogens with zero attached hydrogens (tertiary/aromatic N) is 1. The zero-order chi connectivity index (χ0) is 7.56. The smallest absolute Gasteiger partial charge is 0.0873 e. The second kappa shape index (κ2) is 3.42. The minimum atomic E-state index is 0.250. The van der Waals surface area contributed by atoms with Crippen LogP contribution in [0.25, 0.3) is 0 Å². The van der Waals surface area contributed by atoms with Gasteiger partial charge in [0.25, 0.3) is 0 Å². The maximum absolute atomic E-state index is 4.42. The molecule has 0 N–H and O–H groups in total. The van der Waals surface area contributed by atoms with E-state index in [2.05, 4.69) is 29.0 Å². The Labute approximate surface area is 71.1 Å². The van der Waals surface area contributed by atoms with Crippen LogP contribution in [0.3, 0.4) is 0 Å². The van der Waals surface area contributed by atoms with Gasteiger partial charge in [0.15, 0.2) is 0 Å². The lowest BCUT2D eigenvalue weighted by molar-refractivity contribution is 0.397. The molecule has 0 aromatic carbocycles. The van der Waals surface area contributed by atoms with Gasteiger partial charge in [-0.1, -0.05) is 6.07 Å². The molecule has 1 rings (SSSR count). The van der Waals surface area contributed by atoms with Crippen LogP contribution in [0.4, 0.5) is 0 Å². The monoisotopic (exact) mass is 173 g/mol. The van der Waals surface area contributed by atoms with Crippen molar-refractivity contribution >= 4 is 24.0 Å². The van der Waals surface area contributed by atoms with E-state index in [0.29, 0.717) is 0 Å². The highest BCUT2D eigenvalue weighted by Crippen LogP contribution is 2.25. The molecule has 0 bridgehead atoms. The van der Waals surface area contributed by atoms with Crippen LogP contribution in [-0.4, -0.2) is 19.0 Å². The quantitative estimate of drug-likeness (QED) is 0.530. The summed E-state index contributed by atoms with van der Waals surface area (Å²) < 4.78 is 0. The highest BCUT2D eigenvalue weighted by molar-refractivity contribution is 7.80. The van der Waals surface area contributed by atoms with Gasteiger partial charge in [0, 0.05) is 4.88 Å². The normalized spacial score (nSPS) is 14.0. The van der Waals surface area contributed by atoms with Crippen molar-refractivity contribution in [3.05, 3.63) is 22.4 Å². The van der Waals surface area contributed by atoms with Crippen LogP contribution in [0.5, 0.6) is 0 Å². The van der Waals surface area contributed by atoms with E-state index in [1.165, 1.54) is 4.88 Å². The number of thiol groups is 1. The van der Waals surface area contributed by atoms with Crippen molar-refractivity contribution < 1.29 is 0 Å². The molecule has 0 aliphatic heterocycles. The number of hydrogen-bond donors (Lipinski definition) is 1. The first-order chi connectivity index (χ1) is 4.72. The molecule has 1 aromatic heterocycles. The van der Waals surface area contributed by atoms with Crippen molar-refractivity contribution in [2.45, 2.75) is 5.37 Å². The fourth-order valence-electron chi connectivity index (χ4n) is 0.693. The molecule has 10 heavy (non-hydrogen) atoms. The molecule has 3 heteroatoms. The Morgan fingerprint density at radius 2 is 2.30 bits per heavy atom. The van der Waals surface area contributed by atoms with Crippen LogP contribution >= 0.6 is 24.0 Å². The summed E-state index contributed by atoms with van der Waals surface area (Å²) in [7, 11) is 4.05. The Balaban J connectivity index is 2.68. The Kier molecular flexibility index (Phi) is 2.77. The molecule has 0 aliphatic carbocycles. The SMILES string of the molecule is CN(C)C(S)c1cccs1. The Bertz CT molecular complexity index is 181. The van der Waals surface area contributed by atoms with E-state index in [-0.39, 0.29) is 5.37 Å². The third-order valence-corrected chi connectivity index (χ3v) is 3.13. The molecule has 0 fully saturated rings. The summed E-state index contributed by atoms with van der Waals surface area (Å²) in [6, 6.07) is 4.15. The summed E-state index contributed by atoms with van der Waals surface area (Å²) >= 11 is 6.16. The molecule has 1 aromatic rings. The predicted octanol–water partition coefficient (Wildman–Crippen LogP) is 2.24. The molecule has 1 atom stereocenters. The molecular formula is C7H11NS2. The van der Waals surface area contributed by atoms with Crippen LogP contribution < -0.4 is 0 Å². The molecule has 0 amide bonds. The second-order valence-electron chi connectivity index (χ2n) is 2.35. The number of hydrogen-bond acceptors (Lipinski definition) is 3. The summed E-state index contributed by atoms with van der Waals surface area (Å²) in [4.78, 5) is 3.38. The van der Waals surface area contributed by atoms with Gasteiger partial charge < -0.3 is 0 Å². The Morgan fingerprint density at radius 1 is 1.60 bits per heavy atom. The van der Waals surface area contributed by atoms with Crippen LogP contribution in [0, 0.1) is 0 Å². The van der Waals surface area contributed by atoms with Gasteiger partial charge in [0.05, 0.1) is 5.37 Å². The molecule has 1 unspecified atom stereocenters. The van der Waals surface area contributed by atoms with Gasteiger partial charge in [-0.05, 0) is 25.5 Å². The molecule has 1 nitrogen and oxygen atoms in total. The summed E-state index contributed by atoms with van der Waals surface area (Å²) in [6.45, 7) is 0. The summed E-state index contributed by atoms with van der Waals surface area (Å²) in [5.41, 5.74) is 0. The van der Waals surface area contributed by atoms with Crippen molar-refractivity contribution in [2.24, 2.45) is 0 Å². The maximum atomic E-state index is 4.42. The van der Waals surface area contributed by atoms with E-state index in [4.69, 9.17) is 0 Å². The van der Waals surface area contributed by atoms with Crippen molar-refractivity contribution in [1.29, 1.82) is 0 Å². The van der Waals surface area contributed by atoms with Crippen molar-refractivity contribution in [1.82, 2.24) is 4.90 Å². The fourth-order valence-corrected chi connectivity index (χ4v) is 1.77. The molecule has 0 saturated heterocycles. The molecule has 0 spiro atoms. The topological polar surface area (TPSA) is 3.24 Å². The van der Waals surface area contributed by atoms with Gasteiger partial charge in [-0.15, -0.1) is 11.3 Å². The van der Waals surface area contributed by atoms with E-state index >= 15 is 0 Å². The number of rotatable bonds is 2. The maximum Gasteiger partial charge on any atom is 0.0873 e. The zero-order valence-electron chi connectivity index (χ0n) is 6.11. The minimum Gasteiger partial charge on any atom is -0.293 e. The highest BCUT2D eigenvalue weighted by atomic mass is 32.1. The summed E-state index contributed by atoms with van der Waals surface area (Å²) in [5, 5.41) is 2.32. The average molecular weight is 173 g/mol. The van der Waals surface area contributed by atoms with Gasteiger partial charge in [-0.3, -0.25) is 4.90 Å². The first-order valence-corrected chi connectivity index (χ1v) is 4.49. The summed E-state index contributed by atoms with van der Waals surface area (Å²) in [5.74, 6) is 0. The first kappa shape index (κ1) is 8.11. The predicted molar refractivity (Wildman–Crippen MR) is 49.7 cm³/mol. The fraction of sp³-hybridized carbons (Fsp3) is 0.429. The van der Waals surface area contributed by atoms with E-state index in [1.807, 2.05) is 20.2 Å². The zero-order valence-corrected chi connectivity index (χ0v) is 7.82. The van der Waals surface area contributed by atoms with Gasteiger partial charge in [0.2, 0.25) is 0 Å². The lowest BCUT2D eigenvalue weighted by Crippen LogP contribution is -2.13. The van der Waals surface area contributed by atoms with Crippen LogP contribution in [0.2, 0.25) is 0 Å². The van der Waals surface area contributed by atoms with Gasteiger partial charge in [-0.25, -0.2) is 0 Å². The molecular weight excluding hydrogens is 162 g/mol. The lowest BCUT2D eigenvalue weighted by atomic mass is 10.4. The molecule has 1 heterocycles. The second-order valence-corrected chi connectivity index (χ2v) is 3.82. The number of thiophene rings is 1.